The zero-order valence-corrected chi connectivity index (χ0v) is 15.4. The first-order chi connectivity index (χ1) is 13.1. The van der Waals surface area contributed by atoms with E-state index in [1.807, 2.05) is 26.0 Å². The largest absolute Gasteiger partial charge is 0.487 e. The Morgan fingerprint density at radius 1 is 1.15 bits per heavy atom. The number of hydrogen-bond donors (Lipinski definition) is 1. The Morgan fingerprint density at radius 3 is 2.63 bits per heavy atom. The number of aryl methyl sites for hydroxylation is 2. The molecule has 7 heteroatoms. The number of ether oxygens (including phenoxy) is 1. The average Bonchev–Trinajstić information content (AvgIpc) is 3.30. The number of rotatable bonds is 5. The summed E-state index contributed by atoms with van der Waals surface area (Å²) in [5.41, 5.74) is 3.90. The first kappa shape index (κ1) is 17.5. The number of aromatic nitrogens is 4. The standard InChI is InChI=1S/C20H22FN5O/c1-13-9-14(2)23-20(22-13)26-8-7-15(11-26)19-10-17(24-25-19)12-27-18-5-3-16(21)4-6-18/h3-6,9-10,15H,7-8,11-12H2,1-2H3,(H,24,25)/t15-/m0/s1. The fourth-order valence-electron chi connectivity index (χ4n) is 3.39. The SMILES string of the molecule is Cc1cc(C)nc(N2CC[C@H](c3cc(COc4ccc(F)cc4)[nH]n3)C2)n1. The molecule has 1 atom stereocenters. The Balaban J connectivity index is 1.38. The van der Waals surface area contributed by atoms with E-state index in [4.69, 9.17) is 4.74 Å². The van der Waals surface area contributed by atoms with E-state index in [-0.39, 0.29) is 5.82 Å². The number of aromatic amines is 1. The van der Waals surface area contributed by atoms with Gasteiger partial charge < -0.3 is 9.64 Å². The van der Waals surface area contributed by atoms with Crippen LogP contribution in [0.3, 0.4) is 0 Å². The van der Waals surface area contributed by atoms with Crippen molar-refractivity contribution in [1.29, 1.82) is 0 Å². The van der Waals surface area contributed by atoms with Crippen molar-refractivity contribution in [2.24, 2.45) is 0 Å². The molecule has 1 saturated heterocycles. The molecule has 1 aromatic carbocycles. The van der Waals surface area contributed by atoms with E-state index in [2.05, 4.69) is 25.1 Å². The lowest BCUT2D eigenvalue weighted by Gasteiger charge is -2.16. The summed E-state index contributed by atoms with van der Waals surface area (Å²) in [5.74, 6) is 1.49. The van der Waals surface area contributed by atoms with Crippen LogP contribution in [-0.2, 0) is 6.61 Å². The maximum atomic E-state index is 12.9. The summed E-state index contributed by atoms with van der Waals surface area (Å²) < 4.78 is 18.6. The lowest BCUT2D eigenvalue weighted by Crippen LogP contribution is -2.22. The van der Waals surface area contributed by atoms with Crippen molar-refractivity contribution < 1.29 is 9.13 Å². The van der Waals surface area contributed by atoms with Crippen LogP contribution in [0, 0.1) is 19.7 Å². The van der Waals surface area contributed by atoms with Crippen LogP contribution in [0.2, 0.25) is 0 Å². The van der Waals surface area contributed by atoms with Crippen molar-refractivity contribution in [3.8, 4) is 5.75 Å². The second kappa shape index (κ2) is 7.34. The summed E-state index contributed by atoms with van der Waals surface area (Å²) in [5, 5.41) is 7.49. The van der Waals surface area contributed by atoms with Crippen LogP contribution in [0.5, 0.6) is 5.75 Å². The number of nitrogens with zero attached hydrogens (tertiary/aromatic N) is 4. The molecule has 1 N–H and O–H groups in total. The van der Waals surface area contributed by atoms with Gasteiger partial charge in [0.15, 0.2) is 0 Å². The van der Waals surface area contributed by atoms with Gasteiger partial charge in [-0.15, -0.1) is 0 Å². The molecule has 2 aromatic heterocycles. The first-order valence-corrected chi connectivity index (χ1v) is 9.06. The lowest BCUT2D eigenvalue weighted by molar-refractivity contribution is 0.300. The van der Waals surface area contributed by atoms with Gasteiger partial charge in [-0.2, -0.15) is 5.10 Å². The Labute approximate surface area is 157 Å². The van der Waals surface area contributed by atoms with E-state index in [9.17, 15) is 4.39 Å². The summed E-state index contributed by atoms with van der Waals surface area (Å²) in [4.78, 5) is 11.3. The monoisotopic (exact) mass is 367 g/mol. The smallest absolute Gasteiger partial charge is 0.225 e. The molecule has 0 radical (unpaired) electrons. The zero-order valence-electron chi connectivity index (χ0n) is 15.4. The highest BCUT2D eigenvalue weighted by Crippen LogP contribution is 2.29. The third kappa shape index (κ3) is 4.07. The molecule has 140 valence electrons. The summed E-state index contributed by atoms with van der Waals surface area (Å²) in [6.07, 6.45) is 1.01. The van der Waals surface area contributed by atoms with E-state index < -0.39 is 0 Å². The highest BCUT2D eigenvalue weighted by Gasteiger charge is 2.27. The van der Waals surface area contributed by atoms with Gasteiger partial charge in [0.25, 0.3) is 0 Å². The molecule has 0 spiro atoms. The van der Waals surface area contributed by atoms with Crippen molar-refractivity contribution >= 4 is 5.95 Å². The Bertz CT molecular complexity index is 904. The maximum Gasteiger partial charge on any atom is 0.225 e. The zero-order chi connectivity index (χ0) is 18.8. The molecule has 3 heterocycles. The average molecular weight is 367 g/mol. The molecule has 6 nitrogen and oxygen atoms in total. The topological polar surface area (TPSA) is 66.9 Å². The minimum atomic E-state index is -0.273. The predicted molar refractivity (Wildman–Crippen MR) is 100 cm³/mol. The molecular weight excluding hydrogens is 345 g/mol. The number of nitrogens with one attached hydrogen (secondary N) is 1. The van der Waals surface area contributed by atoms with E-state index >= 15 is 0 Å². The van der Waals surface area contributed by atoms with Gasteiger partial charge in [-0.05, 0) is 56.7 Å². The molecule has 0 bridgehead atoms. The molecule has 3 aromatic rings. The number of anilines is 1. The second-order valence-corrected chi connectivity index (χ2v) is 6.94. The van der Waals surface area contributed by atoms with Gasteiger partial charge in [-0.1, -0.05) is 0 Å². The minimum Gasteiger partial charge on any atom is -0.487 e. The Kier molecular flexibility index (Phi) is 4.75. The fourth-order valence-corrected chi connectivity index (χ4v) is 3.39. The summed E-state index contributed by atoms with van der Waals surface area (Å²) in [6, 6.07) is 10.0. The molecule has 0 unspecified atom stereocenters. The minimum absolute atomic E-state index is 0.273. The second-order valence-electron chi connectivity index (χ2n) is 6.94. The van der Waals surface area contributed by atoms with Gasteiger partial charge in [-0.25, -0.2) is 14.4 Å². The van der Waals surface area contributed by atoms with E-state index in [1.54, 1.807) is 12.1 Å². The van der Waals surface area contributed by atoms with Gasteiger partial charge in [0.2, 0.25) is 5.95 Å². The van der Waals surface area contributed by atoms with Crippen molar-refractivity contribution in [2.45, 2.75) is 32.8 Å². The first-order valence-electron chi connectivity index (χ1n) is 9.06. The normalized spacial score (nSPS) is 16.7. The molecule has 0 amide bonds. The van der Waals surface area contributed by atoms with Gasteiger partial charge in [0, 0.05) is 30.4 Å². The van der Waals surface area contributed by atoms with Crippen molar-refractivity contribution in [1.82, 2.24) is 20.2 Å². The van der Waals surface area contributed by atoms with Crippen LogP contribution < -0.4 is 9.64 Å². The molecule has 4 rings (SSSR count). The highest BCUT2D eigenvalue weighted by atomic mass is 19.1. The Hall–Kier alpha value is -2.96. The van der Waals surface area contributed by atoms with Crippen LogP contribution >= 0.6 is 0 Å². The van der Waals surface area contributed by atoms with E-state index in [1.165, 1.54) is 12.1 Å². The quantitative estimate of drug-likeness (QED) is 0.747. The van der Waals surface area contributed by atoms with Crippen LogP contribution in [0.1, 0.15) is 35.1 Å². The van der Waals surface area contributed by atoms with Crippen LogP contribution in [-0.4, -0.2) is 33.3 Å². The van der Waals surface area contributed by atoms with Gasteiger partial charge >= 0.3 is 0 Å². The van der Waals surface area contributed by atoms with Crippen molar-refractivity contribution in [2.75, 3.05) is 18.0 Å². The molecule has 1 fully saturated rings. The van der Waals surface area contributed by atoms with E-state index in [0.717, 1.165) is 48.2 Å². The molecule has 0 aliphatic carbocycles. The summed E-state index contributed by atoms with van der Waals surface area (Å²) >= 11 is 0. The molecule has 1 aliphatic rings. The summed E-state index contributed by atoms with van der Waals surface area (Å²) in [7, 11) is 0. The molecular formula is C20H22FN5O. The molecule has 27 heavy (non-hydrogen) atoms. The maximum absolute atomic E-state index is 12.9. The van der Waals surface area contributed by atoms with Gasteiger partial charge in [-0.3, -0.25) is 5.10 Å². The van der Waals surface area contributed by atoms with E-state index in [0.29, 0.717) is 18.3 Å². The highest BCUT2D eigenvalue weighted by molar-refractivity contribution is 5.36. The van der Waals surface area contributed by atoms with Crippen molar-refractivity contribution in [3.63, 3.8) is 0 Å². The van der Waals surface area contributed by atoms with Crippen LogP contribution in [0.15, 0.2) is 36.4 Å². The van der Waals surface area contributed by atoms with Crippen LogP contribution in [0.25, 0.3) is 0 Å². The summed E-state index contributed by atoms with van der Waals surface area (Å²) in [6.45, 7) is 6.13. The Morgan fingerprint density at radius 2 is 1.89 bits per heavy atom. The van der Waals surface area contributed by atoms with Gasteiger partial charge in [0.05, 0.1) is 11.4 Å². The molecule has 1 aliphatic heterocycles. The molecule has 0 saturated carbocycles. The van der Waals surface area contributed by atoms with Crippen molar-refractivity contribution in [3.05, 3.63) is 65.0 Å². The van der Waals surface area contributed by atoms with Gasteiger partial charge in [0.1, 0.15) is 18.2 Å². The number of benzene rings is 1. The number of halogens is 1. The predicted octanol–water partition coefficient (Wildman–Crippen LogP) is 3.53. The third-order valence-corrected chi connectivity index (χ3v) is 4.72. The van der Waals surface area contributed by atoms with Crippen LogP contribution in [0.4, 0.5) is 10.3 Å². The number of H-pyrrole nitrogens is 1. The fraction of sp³-hybridized carbons (Fsp3) is 0.350. The number of hydrogen-bond acceptors (Lipinski definition) is 5. The lowest BCUT2D eigenvalue weighted by atomic mass is 10.1. The third-order valence-electron chi connectivity index (χ3n) is 4.72.